The van der Waals surface area contributed by atoms with Gasteiger partial charge in [-0.2, -0.15) is 0 Å². The molecule has 0 bridgehead atoms. The van der Waals surface area contributed by atoms with E-state index in [0.29, 0.717) is 17.7 Å². The third kappa shape index (κ3) is 4.15. The molecular formula is C15H22N6OS. The number of amides is 1. The molecule has 23 heavy (non-hydrogen) atoms. The molecule has 2 aromatic rings. The van der Waals surface area contributed by atoms with Crippen molar-refractivity contribution in [1.82, 2.24) is 24.3 Å². The molecule has 0 radical (unpaired) electrons. The highest BCUT2D eigenvalue weighted by Gasteiger charge is 2.25. The van der Waals surface area contributed by atoms with Crippen LogP contribution in [0.15, 0.2) is 24.0 Å². The second-order valence-corrected chi connectivity index (χ2v) is 6.79. The maximum Gasteiger partial charge on any atom is 0.240 e. The molecule has 1 aliphatic rings. The van der Waals surface area contributed by atoms with Gasteiger partial charge in [-0.15, -0.1) is 11.3 Å². The van der Waals surface area contributed by atoms with Gasteiger partial charge in [0, 0.05) is 56.7 Å². The molecule has 1 amide bonds. The lowest BCUT2D eigenvalue weighted by Crippen LogP contribution is -2.53. The van der Waals surface area contributed by atoms with Crippen molar-refractivity contribution >= 4 is 22.4 Å². The quantitative estimate of drug-likeness (QED) is 0.884. The minimum atomic E-state index is 0.00435. The summed E-state index contributed by atoms with van der Waals surface area (Å²) in [5, 5.41) is 5.36. The molecule has 1 fully saturated rings. The minimum absolute atomic E-state index is 0.00435. The van der Waals surface area contributed by atoms with Crippen molar-refractivity contribution in [3.05, 3.63) is 29.8 Å². The first-order valence-corrected chi connectivity index (χ1v) is 8.61. The number of rotatable bonds is 5. The number of nitrogens with zero attached hydrogens (tertiary/aromatic N) is 5. The first kappa shape index (κ1) is 16.1. The van der Waals surface area contributed by atoms with Crippen molar-refractivity contribution in [3.63, 3.8) is 0 Å². The van der Waals surface area contributed by atoms with E-state index in [0.717, 1.165) is 32.0 Å². The van der Waals surface area contributed by atoms with Gasteiger partial charge < -0.3 is 9.88 Å². The molecule has 2 aromatic heterocycles. The Labute approximate surface area is 139 Å². The molecule has 0 saturated carbocycles. The summed E-state index contributed by atoms with van der Waals surface area (Å²) in [7, 11) is 2.02. The number of piperazine rings is 1. The van der Waals surface area contributed by atoms with Crippen LogP contribution in [0.4, 0.5) is 5.13 Å². The third-order valence-electron chi connectivity index (χ3n) is 4.16. The van der Waals surface area contributed by atoms with Crippen LogP contribution in [0.2, 0.25) is 0 Å². The van der Waals surface area contributed by atoms with E-state index in [-0.39, 0.29) is 5.91 Å². The molecule has 3 rings (SSSR count). The van der Waals surface area contributed by atoms with E-state index in [2.05, 4.69) is 36.6 Å². The van der Waals surface area contributed by atoms with Crippen molar-refractivity contribution in [2.75, 3.05) is 31.5 Å². The molecule has 1 aliphatic heterocycles. The molecule has 7 nitrogen and oxygen atoms in total. The van der Waals surface area contributed by atoms with E-state index < -0.39 is 0 Å². The predicted molar refractivity (Wildman–Crippen MR) is 90.3 cm³/mol. The normalized spacial score (nSPS) is 19.8. The Morgan fingerprint density at radius 3 is 2.91 bits per heavy atom. The van der Waals surface area contributed by atoms with E-state index in [1.807, 2.05) is 24.8 Å². The molecule has 0 aliphatic carbocycles. The number of carbonyl (C=O) groups excluding carboxylic acids is 1. The topological polar surface area (TPSA) is 66.3 Å². The lowest BCUT2D eigenvalue weighted by molar-refractivity contribution is -0.118. The molecule has 1 N–H and O–H groups in total. The highest BCUT2D eigenvalue weighted by molar-refractivity contribution is 7.13. The average Bonchev–Trinajstić information content (AvgIpc) is 3.14. The fourth-order valence-corrected chi connectivity index (χ4v) is 3.37. The SMILES string of the molecule is C[C@H]1CN(CC(=O)Nc2nccs2)CCN1Cc1nccn1C. The van der Waals surface area contributed by atoms with E-state index in [1.54, 1.807) is 6.20 Å². The van der Waals surface area contributed by atoms with Crippen LogP contribution in [-0.4, -0.2) is 62.5 Å². The highest BCUT2D eigenvalue weighted by Crippen LogP contribution is 2.14. The molecular weight excluding hydrogens is 312 g/mol. The van der Waals surface area contributed by atoms with Crippen molar-refractivity contribution in [2.24, 2.45) is 7.05 Å². The van der Waals surface area contributed by atoms with Crippen LogP contribution in [0.1, 0.15) is 12.7 Å². The van der Waals surface area contributed by atoms with Crippen LogP contribution < -0.4 is 5.32 Å². The van der Waals surface area contributed by atoms with Gasteiger partial charge in [0.1, 0.15) is 5.82 Å². The number of hydrogen-bond acceptors (Lipinski definition) is 6. The second kappa shape index (κ2) is 7.20. The van der Waals surface area contributed by atoms with Crippen LogP contribution >= 0.6 is 11.3 Å². The molecule has 1 atom stereocenters. The predicted octanol–water partition coefficient (Wildman–Crippen LogP) is 1.02. The summed E-state index contributed by atoms with van der Waals surface area (Å²) in [5.74, 6) is 1.08. The number of aryl methyl sites for hydroxylation is 1. The number of hydrogen-bond donors (Lipinski definition) is 1. The monoisotopic (exact) mass is 334 g/mol. The summed E-state index contributed by atoms with van der Waals surface area (Å²) in [5.41, 5.74) is 0. The van der Waals surface area contributed by atoms with Gasteiger partial charge in [0.2, 0.25) is 5.91 Å². The molecule has 0 spiro atoms. The largest absolute Gasteiger partial charge is 0.337 e. The Kier molecular flexibility index (Phi) is 5.04. The van der Waals surface area contributed by atoms with Gasteiger partial charge in [-0.3, -0.25) is 14.6 Å². The average molecular weight is 334 g/mol. The van der Waals surface area contributed by atoms with Gasteiger partial charge in [-0.25, -0.2) is 9.97 Å². The number of thiazole rings is 1. The van der Waals surface area contributed by atoms with Crippen LogP contribution in [0.5, 0.6) is 0 Å². The van der Waals surface area contributed by atoms with Crippen LogP contribution in [0.3, 0.4) is 0 Å². The Balaban J connectivity index is 1.48. The van der Waals surface area contributed by atoms with Crippen molar-refractivity contribution in [1.29, 1.82) is 0 Å². The molecule has 0 unspecified atom stereocenters. The summed E-state index contributed by atoms with van der Waals surface area (Å²) >= 11 is 1.44. The molecule has 1 saturated heterocycles. The maximum atomic E-state index is 12.1. The lowest BCUT2D eigenvalue weighted by Gasteiger charge is -2.39. The van der Waals surface area contributed by atoms with Gasteiger partial charge in [-0.1, -0.05) is 0 Å². The molecule has 0 aromatic carbocycles. The molecule has 124 valence electrons. The molecule has 3 heterocycles. The van der Waals surface area contributed by atoms with Gasteiger partial charge in [-0.05, 0) is 6.92 Å². The Morgan fingerprint density at radius 2 is 2.26 bits per heavy atom. The first-order valence-electron chi connectivity index (χ1n) is 7.74. The van der Waals surface area contributed by atoms with Crippen LogP contribution in [-0.2, 0) is 18.4 Å². The Morgan fingerprint density at radius 1 is 1.39 bits per heavy atom. The van der Waals surface area contributed by atoms with Crippen molar-refractivity contribution in [3.8, 4) is 0 Å². The molecule has 8 heteroatoms. The van der Waals surface area contributed by atoms with E-state index in [9.17, 15) is 4.79 Å². The zero-order valence-corrected chi connectivity index (χ0v) is 14.3. The summed E-state index contributed by atoms with van der Waals surface area (Å²) in [6, 6.07) is 0.396. The Bertz CT molecular complexity index is 640. The standard InChI is InChI=1S/C15H22N6OS/c1-12-9-20(11-14(22)18-15-17-4-8-23-15)6-7-21(12)10-13-16-3-5-19(13)2/h3-5,8,12H,6-7,9-11H2,1-2H3,(H,17,18,22)/t12-/m0/s1. The van der Waals surface area contributed by atoms with Gasteiger partial charge >= 0.3 is 0 Å². The zero-order valence-electron chi connectivity index (χ0n) is 13.5. The summed E-state index contributed by atoms with van der Waals surface area (Å²) < 4.78 is 2.06. The number of nitrogens with one attached hydrogen (secondary N) is 1. The van der Waals surface area contributed by atoms with E-state index >= 15 is 0 Å². The fourth-order valence-electron chi connectivity index (χ4n) is 2.83. The summed E-state index contributed by atoms with van der Waals surface area (Å²) in [6.07, 6.45) is 5.50. The summed E-state index contributed by atoms with van der Waals surface area (Å²) in [6.45, 7) is 6.19. The summed E-state index contributed by atoms with van der Waals surface area (Å²) in [4.78, 5) is 25.1. The first-order chi connectivity index (χ1) is 11.1. The number of imidazole rings is 1. The number of anilines is 1. The van der Waals surface area contributed by atoms with Crippen molar-refractivity contribution in [2.45, 2.75) is 19.5 Å². The van der Waals surface area contributed by atoms with Gasteiger partial charge in [0.05, 0.1) is 13.1 Å². The fraction of sp³-hybridized carbons (Fsp3) is 0.533. The highest BCUT2D eigenvalue weighted by atomic mass is 32.1. The minimum Gasteiger partial charge on any atom is -0.337 e. The number of carbonyl (C=O) groups is 1. The Hall–Kier alpha value is -1.77. The maximum absolute atomic E-state index is 12.1. The van der Waals surface area contributed by atoms with Gasteiger partial charge in [0.25, 0.3) is 0 Å². The zero-order chi connectivity index (χ0) is 16.2. The second-order valence-electron chi connectivity index (χ2n) is 5.89. The van der Waals surface area contributed by atoms with Crippen LogP contribution in [0, 0.1) is 0 Å². The van der Waals surface area contributed by atoms with Crippen LogP contribution in [0.25, 0.3) is 0 Å². The van der Waals surface area contributed by atoms with E-state index in [4.69, 9.17) is 0 Å². The van der Waals surface area contributed by atoms with E-state index in [1.165, 1.54) is 11.3 Å². The third-order valence-corrected chi connectivity index (χ3v) is 4.85. The van der Waals surface area contributed by atoms with Crippen molar-refractivity contribution < 1.29 is 4.79 Å². The lowest BCUT2D eigenvalue weighted by atomic mass is 10.2. The smallest absolute Gasteiger partial charge is 0.240 e. The van der Waals surface area contributed by atoms with Gasteiger partial charge in [0.15, 0.2) is 5.13 Å². The number of aromatic nitrogens is 3.